The highest BCUT2D eigenvalue weighted by Gasteiger charge is 2.22. The van der Waals surface area contributed by atoms with Gasteiger partial charge in [0.25, 0.3) is 0 Å². The van der Waals surface area contributed by atoms with Crippen LogP contribution in [0.2, 0.25) is 5.28 Å². The Balaban J connectivity index is 1.85. The van der Waals surface area contributed by atoms with E-state index in [1.165, 1.54) is 22.4 Å². The van der Waals surface area contributed by atoms with E-state index in [2.05, 4.69) is 46.5 Å². The van der Waals surface area contributed by atoms with Crippen LogP contribution in [0.25, 0.3) is 10.2 Å². The summed E-state index contributed by atoms with van der Waals surface area (Å²) in [6.45, 7) is 2.08. The first-order valence-electron chi connectivity index (χ1n) is 7.02. The van der Waals surface area contributed by atoms with Gasteiger partial charge in [0.2, 0.25) is 5.28 Å². The third kappa shape index (κ3) is 2.28. The van der Waals surface area contributed by atoms with Crippen molar-refractivity contribution in [1.82, 2.24) is 9.97 Å². The number of nitrogens with one attached hydrogen (secondary N) is 1. The van der Waals surface area contributed by atoms with E-state index >= 15 is 0 Å². The Bertz CT molecular complexity index is 824. The fraction of sp³-hybridized carbons (Fsp3) is 0.250. The van der Waals surface area contributed by atoms with Crippen LogP contribution < -0.4 is 5.32 Å². The number of benzene rings is 1. The van der Waals surface area contributed by atoms with E-state index < -0.39 is 0 Å². The molecule has 0 bridgehead atoms. The molecule has 1 N–H and O–H groups in total. The van der Waals surface area contributed by atoms with E-state index in [9.17, 15) is 0 Å². The Morgan fingerprint density at radius 1 is 1.14 bits per heavy atom. The maximum Gasteiger partial charge on any atom is 0.225 e. The van der Waals surface area contributed by atoms with E-state index in [0.717, 1.165) is 34.6 Å². The average Bonchev–Trinajstić information content (AvgIpc) is 3.01. The molecule has 0 atom stereocenters. The summed E-state index contributed by atoms with van der Waals surface area (Å²) in [6, 6.07) is 8.29. The van der Waals surface area contributed by atoms with Crippen LogP contribution in [0.3, 0.4) is 0 Å². The largest absolute Gasteiger partial charge is 0.340 e. The number of aryl methyl sites for hydroxylation is 3. The molecule has 3 nitrogen and oxygen atoms in total. The quantitative estimate of drug-likeness (QED) is 0.684. The van der Waals surface area contributed by atoms with Crippen LogP contribution in [-0.2, 0) is 12.8 Å². The van der Waals surface area contributed by atoms with Crippen molar-refractivity contribution in [1.29, 1.82) is 0 Å². The monoisotopic (exact) mass is 315 g/mol. The molecule has 2 aromatic heterocycles. The lowest BCUT2D eigenvalue weighted by molar-refractivity contribution is 0.917. The Morgan fingerprint density at radius 3 is 2.76 bits per heavy atom. The number of nitrogens with zero attached hydrogens (tertiary/aromatic N) is 2. The molecular formula is C16H14ClN3S. The first-order valence-corrected chi connectivity index (χ1v) is 8.21. The molecule has 106 valence electrons. The minimum absolute atomic E-state index is 0.303. The summed E-state index contributed by atoms with van der Waals surface area (Å²) in [6.07, 6.45) is 3.49. The van der Waals surface area contributed by atoms with Crippen molar-refractivity contribution in [3.63, 3.8) is 0 Å². The molecule has 0 saturated carbocycles. The number of hydrogen-bond donors (Lipinski definition) is 1. The molecule has 5 heteroatoms. The van der Waals surface area contributed by atoms with Crippen LogP contribution in [0.4, 0.5) is 11.5 Å². The number of aromatic nitrogens is 2. The summed E-state index contributed by atoms with van der Waals surface area (Å²) >= 11 is 7.83. The van der Waals surface area contributed by atoms with Crippen molar-refractivity contribution in [2.45, 2.75) is 26.2 Å². The van der Waals surface area contributed by atoms with Gasteiger partial charge in [-0.15, -0.1) is 11.3 Å². The number of anilines is 2. The molecule has 3 aromatic rings. The van der Waals surface area contributed by atoms with Gasteiger partial charge in [-0.1, -0.05) is 17.7 Å². The number of fused-ring (bicyclic) bond motifs is 3. The van der Waals surface area contributed by atoms with E-state index in [-0.39, 0.29) is 0 Å². The molecular weight excluding hydrogens is 302 g/mol. The van der Waals surface area contributed by atoms with Gasteiger partial charge in [0.05, 0.1) is 5.39 Å². The molecule has 0 amide bonds. The minimum atomic E-state index is 0.303. The predicted molar refractivity (Wildman–Crippen MR) is 88.9 cm³/mol. The molecule has 0 radical (unpaired) electrons. The standard InChI is InChI=1S/C16H14ClN3S/c1-9-5-7-10(8-6-9)18-14-13-11-3-2-4-12(11)21-15(13)20-16(17)19-14/h5-8H,2-4H2,1H3,(H,18,19,20). The van der Waals surface area contributed by atoms with Gasteiger partial charge in [-0.3, -0.25) is 0 Å². The second kappa shape index (κ2) is 4.97. The molecule has 2 heterocycles. The lowest BCUT2D eigenvalue weighted by Gasteiger charge is -2.08. The predicted octanol–water partition coefficient (Wildman–Crippen LogP) is 4.89. The Kier molecular flexibility index (Phi) is 3.08. The molecule has 1 aliphatic carbocycles. The van der Waals surface area contributed by atoms with Crippen molar-refractivity contribution < 1.29 is 0 Å². The average molecular weight is 316 g/mol. The Hall–Kier alpha value is -1.65. The molecule has 21 heavy (non-hydrogen) atoms. The topological polar surface area (TPSA) is 37.8 Å². The van der Waals surface area contributed by atoms with Crippen LogP contribution >= 0.6 is 22.9 Å². The SMILES string of the molecule is Cc1ccc(Nc2nc(Cl)nc3sc4c(c23)CCC4)cc1. The summed E-state index contributed by atoms with van der Waals surface area (Å²) in [4.78, 5) is 11.2. The van der Waals surface area contributed by atoms with Gasteiger partial charge in [-0.25, -0.2) is 4.98 Å². The number of hydrogen-bond acceptors (Lipinski definition) is 4. The first-order chi connectivity index (χ1) is 10.2. The number of halogens is 1. The zero-order valence-electron chi connectivity index (χ0n) is 11.6. The van der Waals surface area contributed by atoms with Gasteiger partial charge in [0, 0.05) is 10.6 Å². The van der Waals surface area contributed by atoms with Crippen molar-refractivity contribution in [2.75, 3.05) is 5.32 Å². The summed E-state index contributed by atoms with van der Waals surface area (Å²) in [5, 5.41) is 4.86. The normalized spacial score (nSPS) is 13.6. The second-order valence-electron chi connectivity index (χ2n) is 5.37. The van der Waals surface area contributed by atoms with E-state index in [1.807, 2.05) is 0 Å². The fourth-order valence-corrected chi connectivity index (χ4v) is 4.31. The smallest absolute Gasteiger partial charge is 0.225 e. The van der Waals surface area contributed by atoms with Gasteiger partial charge < -0.3 is 5.32 Å². The van der Waals surface area contributed by atoms with Gasteiger partial charge in [-0.2, -0.15) is 4.98 Å². The second-order valence-corrected chi connectivity index (χ2v) is 6.79. The maximum atomic E-state index is 6.08. The highest BCUT2D eigenvalue weighted by atomic mass is 35.5. The molecule has 0 saturated heterocycles. The lowest BCUT2D eigenvalue weighted by Crippen LogP contribution is -1.97. The van der Waals surface area contributed by atoms with E-state index in [0.29, 0.717) is 5.28 Å². The van der Waals surface area contributed by atoms with Crippen molar-refractivity contribution in [2.24, 2.45) is 0 Å². The Labute approximate surface area is 132 Å². The number of rotatable bonds is 2. The van der Waals surface area contributed by atoms with E-state index in [4.69, 9.17) is 11.6 Å². The van der Waals surface area contributed by atoms with Crippen molar-refractivity contribution >= 4 is 44.7 Å². The Morgan fingerprint density at radius 2 is 1.95 bits per heavy atom. The molecule has 0 fully saturated rings. The molecule has 1 aromatic carbocycles. The zero-order valence-corrected chi connectivity index (χ0v) is 13.2. The zero-order chi connectivity index (χ0) is 14.4. The number of thiophene rings is 1. The highest BCUT2D eigenvalue weighted by molar-refractivity contribution is 7.19. The summed E-state index contributed by atoms with van der Waals surface area (Å²) in [7, 11) is 0. The summed E-state index contributed by atoms with van der Waals surface area (Å²) < 4.78 is 0. The van der Waals surface area contributed by atoms with Crippen molar-refractivity contribution in [3.8, 4) is 0 Å². The van der Waals surface area contributed by atoms with Gasteiger partial charge >= 0.3 is 0 Å². The van der Waals surface area contributed by atoms with Crippen LogP contribution in [0.15, 0.2) is 24.3 Å². The maximum absolute atomic E-state index is 6.08. The van der Waals surface area contributed by atoms with Gasteiger partial charge in [-0.05, 0) is 55.5 Å². The van der Waals surface area contributed by atoms with E-state index in [1.54, 1.807) is 11.3 Å². The third-order valence-electron chi connectivity index (χ3n) is 3.85. The molecule has 1 aliphatic rings. The van der Waals surface area contributed by atoms with Crippen LogP contribution in [0, 0.1) is 6.92 Å². The van der Waals surface area contributed by atoms with Gasteiger partial charge in [0.15, 0.2) is 0 Å². The fourth-order valence-electron chi connectivity index (χ4n) is 2.83. The van der Waals surface area contributed by atoms with Crippen LogP contribution in [-0.4, -0.2) is 9.97 Å². The summed E-state index contributed by atoms with van der Waals surface area (Å²) in [5.41, 5.74) is 3.67. The van der Waals surface area contributed by atoms with Crippen molar-refractivity contribution in [3.05, 3.63) is 45.6 Å². The minimum Gasteiger partial charge on any atom is -0.340 e. The van der Waals surface area contributed by atoms with Crippen LogP contribution in [0.5, 0.6) is 0 Å². The molecule has 0 spiro atoms. The molecule has 4 rings (SSSR count). The van der Waals surface area contributed by atoms with Crippen LogP contribution in [0.1, 0.15) is 22.4 Å². The summed E-state index contributed by atoms with van der Waals surface area (Å²) in [5.74, 6) is 0.827. The first kappa shape index (κ1) is 13.0. The molecule has 0 unspecified atom stereocenters. The molecule has 0 aliphatic heterocycles. The highest BCUT2D eigenvalue weighted by Crippen LogP contribution is 2.40. The lowest BCUT2D eigenvalue weighted by atomic mass is 10.2. The van der Waals surface area contributed by atoms with Gasteiger partial charge in [0.1, 0.15) is 10.6 Å². The third-order valence-corrected chi connectivity index (χ3v) is 5.21.